The minimum Gasteiger partial charge on any atom is -0.302 e. The molecule has 0 aromatic heterocycles. The summed E-state index contributed by atoms with van der Waals surface area (Å²) >= 11 is 0. The molecule has 0 radical (unpaired) electrons. The van der Waals surface area contributed by atoms with E-state index in [-0.39, 0.29) is 0 Å². The molecule has 1 rings (SSSR count). The molecule has 0 bridgehead atoms. The number of nitrogens with zero attached hydrogens (tertiary/aromatic N) is 2. The van der Waals surface area contributed by atoms with Crippen LogP contribution in [0.4, 0.5) is 0 Å². The average Bonchev–Trinajstić information content (AvgIpc) is 2.56. The van der Waals surface area contributed by atoms with Crippen molar-refractivity contribution in [1.82, 2.24) is 9.80 Å². The number of hydrogen-bond acceptors (Lipinski definition) is 2. The van der Waals surface area contributed by atoms with Crippen molar-refractivity contribution in [2.45, 2.75) is 65.8 Å². The van der Waals surface area contributed by atoms with Crippen molar-refractivity contribution >= 4 is 0 Å². The molecule has 1 saturated heterocycles. The van der Waals surface area contributed by atoms with Gasteiger partial charge in [-0.05, 0) is 44.8 Å². The van der Waals surface area contributed by atoms with Crippen LogP contribution < -0.4 is 0 Å². The fourth-order valence-corrected chi connectivity index (χ4v) is 3.21. The Balaban J connectivity index is 2.47. The lowest BCUT2D eigenvalue weighted by Crippen LogP contribution is -2.41. The van der Waals surface area contributed by atoms with Crippen LogP contribution in [0.2, 0.25) is 0 Å². The van der Waals surface area contributed by atoms with E-state index < -0.39 is 0 Å². The van der Waals surface area contributed by atoms with E-state index in [1.807, 2.05) is 0 Å². The third kappa shape index (κ3) is 5.27. The third-order valence-electron chi connectivity index (χ3n) is 4.25. The molecule has 0 saturated carbocycles. The second kappa shape index (κ2) is 8.92. The molecule has 0 aromatic rings. The largest absolute Gasteiger partial charge is 0.302 e. The van der Waals surface area contributed by atoms with Crippen molar-refractivity contribution in [3.05, 3.63) is 0 Å². The predicted molar refractivity (Wildman–Crippen MR) is 81.1 cm³/mol. The molecule has 1 heterocycles. The van der Waals surface area contributed by atoms with Crippen LogP contribution in [0.5, 0.6) is 0 Å². The summed E-state index contributed by atoms with van der Waals surface area (Å²) in [5.41, 5.74) is 0. The molecule has 1 aliphatic rings. The monoisotopic (exact) mass is 254 g/mol. The van der Waals surface area contributed by atoms with Crippen LogP contribution in [0, 0.1) is 5.92 Å². The van der Waals surface area contributed by atoms with Crippen LogP contribution in [0.1, 0.15) is 59.8 Å². The lowest BCUT2D eigenvalue weighted by atomic mass is 9.96. The van der Waals surface area contributed by atoms with Gasteiger partial charge in [-0.25, -0.2) is 0 Å². The quantitative estimate of drug-likeness (QED) is 0.684. The summed E-state index contributed by atoms with van der Waals surface area (Å²) in [7, 11) is 0. The maximum Gasteiger partial charge on any atom is 0.0119 e. The summed E-state index contributed by atoms with van der Waals surface area (Å²) in [6, 6.07) is 0.812. The fraction of sp³-hybridized carbons (Fsp3) is 1.00. The molecule has 0 unspecified atom stereocenters. The topological polar surface area (TPSA) is 6.48 Å². The van der Waals surface area contributed by atoms with Crippen molar-refractivity contribution in [2.24, 2.45) is 5.92 Å². The fourth-order valence-electron chi connectivity index (χ4n) is 3.21. The van der Waals surface area contributed by atoms with Crippen molar-refractivity contribution in [3.8, 4) is 0 Å². The lowest BCUT2D eigenvalue weighted by molar-refractivity contribution is 0.146. The van der Waals surface area contributed by atoms with Crippen molar-refractivity contribution < 1.29 is 0 Å². The van der Waals surface area contributed by atoms with Gasteiger partial charge in [0.1, 0.15) is 0 Å². The second-order valence-corrected chi connectivity index (χ2v) is 6.18. The normalized spacial score (nSPS) is 21.2. The van der Waals surface area contributed by atoms with Crippen molar-refractivity contribution in [3.63, 3.8) is 0 Å². The van der Waals surface area contributed by atoms with Gasteiger partial charge in [-0.2, -0.15) is 0 Å². The summed E-state index contributed by atoms with van der Waals surface area (Å²) in [6.45, 7) is 15.9. The molecule has 0 aliphatic carbocycles. The van der Waals surface area contributed by atoms with E-state index in [1.54, 1.807) is 0 Å². The number of hydrogen-bond donors (Lipinski definition) is 0. The van der Waals surface area contributed by atoms with Gasteiger partial charge in [0, 0.05) is 19.1 Å². The minimum absolute atomic E-state index is 0.800. The van der Waals surface area contributed by atoms with Gasteiger partial charge in [0.15, 0.2) is 0 Å². The smallest absolute Gasteiger partial charge is 0.0119 e. The molecule has 0 N–H and O–H groups in total. The maximum atomic E-state index is 2.77. The average molecular weight is 254 g/mol. The zero-order chi connectivity index (χ0) is 13.4. The highest BCUT2D eigenvalue weighted by molar-refractivity contribution is 4.78. The van der Waals surface area contributed by atoms with Gasteiger partial charge in [0.25, 0.3) is 0 Å². The SMILES string of the molecule is CCCC[C@@H](C(C)C)N1CCCN(CCC)CC1. The van der Waals surface area contributed by atoms with E-state index in [0.29, 0.717) is 0 Å². The van der Waals surface area contributed by atoms with Crippen LogP contribution in [0.3, 0.4) is 0 Å². The van der Waals surface area contributed by atoms with E-state index in [0.717, 1.165) is 12.0 Å². The summed E-state index contributed by atoms with van der Waals surface area (Å²) in [5.74, 6) is 0.800. The highest BCUT2D eigenvalue weighted by Gasteiger charge is 2.23. The van der Waals surface area contributed by atoms with Gasteiger partial charge in [0.2, 0.25) is 0 Å². The minimum atomic E-state index is 0.800. The lowest BCUT2D eigenvalue weighted by Gasteiger charge is -2.33. The Hall–Kier alpha value is -0.0800. The summed E-state index contributed by atoms with van der Waals surface area (Å²) < 4.78 is 0. The Bertz CT molecular complexity index is 203. The molecule has 0 spiro atoms. The van der Waals surface area contributed by atoms with Gasteiger partial charge in [-0.3, -0.25) is 4.90 Å². The van der Waals surface area contributed by atoms with Crippen molar-refractivity contribution in [2.75, 3.05) is 32.7 Å². The van der Waals surface area contributed by atoms with Gasteiger partial charge in [-0.1, -0.05) is 40.5 Å². The van der Waals surface area contributed by atoms with E-state index in [9.17, 15) is 0 Å². The number of unbranched alkanes of at least 4 members (excludes halogenated alkanes) is 1. The van der Waals surface area contributed by atoms with Gasteiger partial charge >= 0.3 is 0 Å². The highest BCUT2D eigenvalue weighted by atomic mass is 15.2. The molecule has 2 nitrogen and oxygen atoms in total. The van der Waals surface area contributed by atoms with Crippen molar-refractivity contribution in [1.29, 1.82) is 0 Å². The molecule has 0 aromatic carbocycles. The molecule has 108 valence electrons. The Morgan fingerprint density at radius 1 is 0.944 bits per heavy atom. The Labute approximate surface area is 115 Å². The highest BCUT2D eigenvalue weighted by Crippen LogP contribution is 2.19. The van der Waals surface area contributed by atoms with E-state index in [1.165, 1.54) is 64.8 Å². The standard InChI is InChI=1S/C16H34N2/c1-5-7-9-16(15(3)4)18-12-8-11-17(10-6-2)13-14-18/h15-16H,5-14H2,1-4H3/t16-/m0/s1. The second-order valence-electron chi connectivity index (χ2n) is 6.18. The molecular weight excluding hydrogens is 220 g/mol. The first kappa shape index (κ1) is 16.0. The zero-order valence-electron chi connectivity index (χ0n) is 13.1. The molecule has 1 aliphatic heterocycles. The zero-order valence-corrected chi connectivity index (χ0v) is 13.1. The summed E-state index contributed by atoms with van der Waals surface area (Å²) in [6.07, 6.45) is 6.76. The number of rotatable bonds is 7. The maximum absolute atomic E-state index is 2.77. The molecule has 1 fully saturated rings. The first-order chi connectivity index (χ1) is 8.69. The van der Waals surface area contributed by atoms with Crippen LogP contribution in [0.15, 0.2) is 0 Å². The van der Waals surface area contributed by atoms with Gasteiger partial charge in [-0.15, -0.1) is 0 Å². The Morgan fingerprint density at radius 3 is 2.33 bits per heavy atom. The molecule has 18 heavy (non-hydrogen) atoms. The van der Waals surface area contributed by atoms with Crippen LogP contribution >= 0.6 is 0 Å². The third-order valence-corrected chi connectivity index (χ3v) is 4.25. The summed E-state index contributed by atoms with van der Waals surface area (Å²) in [4.78, 5) is 5.42. The van der Waals surface area contributed by atoms with E-state index in [2.05, 4.69) is 37.5 Å². The first-order valence-electron chi connectivity index (χ1n) is 8.15. The van der Waals surface area contributed by atoms with Crippen LogP contribution in [-0.4, -0.2) is 48.6 Å². The van der Waals surface area contributed by atoms with E-state index >= 15 is 0 Å². The molecule has 1 atom stereocenters. The van der Waals surface area contributed by atoms with Gasteiger partial charge < -0.3 is 4.90 Å². The molecular formula is C16H34N2. The van der Waals surface area contributed by atoms with E-state index in [4.69, 9.17) is 0 Å². The van der Waals surface area contributed by atoms with Crippen LogP contribution in [0.25, 0.3) is 0 Å². The first-order valence-corrected chi connectivity index (χ1v) is 8.15. The summed E-state index contributed by atoms with van der Waals surface area (Å²) in [5, 5.41) is 0. The Morgan fingerprint density at radius 2 is 1.72 bits per heavy atom. The van der Waals surface area contributed by atoms with Gasteiger partial charge in [0.05, 0.1) is 0 Å². The Kier molecular flexibility index (Phi) is 7.92. The molecule has 0 amide bonds. The predicted octanol–water partition coefficient (Wildman–Crippen LogP) is 3.62. The van der Waals surface area contributed by atoms with Crippen LogP contribution in [-0.2, 0) is 0 Å². The molecule has 2 heteroatoms.